The van der Waals surface area contributed by atoms with Gasteiger partial charge in [0, 0.05) is 55.4 Å². The molecule has 1 atom stereocenters. The standard InChI is InChI=1S/C29H30FN3O2S2/c1-31-29(34)27-24-16-23(20-8-7-15-33(18-20)37-22-9-5-4-6-10-22)25(32(2)36-3)17-26(24)35-28(27)19-11-13-21(30)14-12-19/h4-6,9-14,16-17,20H,7-8,15,18H2,1-3H3,(H,31,34)/t20-/m1/s1. The Morgan fingerprint density at radius 1 is 1.14 bits per heavy atom. The van der Waals surface area contributed by atoms with Crippen LogP contribution in [-0.2, 0) is 0 Å². The second-order valence-corrected chi connectivity index (χ2v) is 11.2. The van der Waals surface area contributed by atoms with Gasteiger partial charge in [-0.1, -0.05) is 30.1 Å². The summed E-state index contributed by atoms with van der Waals surface area (Å²) in [5.74, 6) is 0.206. The average molecular weight is 536 g/mol. The molecule has 5 nitrogen and oxygen atoms in total. The monoisotopic (exact) mass is 535 g/mol. The van der Waals surface area contributed by atoms with Gasteiger partial charge in [-0.3, -0.25) is 4.79 Å². The number of benzene rings is 3. The molecule has 37 heavy (non-hydrogen) atoms. The van der Waals surface area contributed by atoms with Crippen LogP contribution in [0.5, 0.6) is 0 Å². The summed E-state index contributed by atoms with van der Waals surface area (Å²) in [6, 6.07) is 20.7. The molecule has 1 amide bonds. The first-order valence-electron chi connectivity index (χ1n) is 12.3. The molecule has 0 unspecified atom stereocenters. The summed E-state index contributed by atoms with van der Waals surface area (Å²) in [5, 5.41) is 3.54. The van der Waals surface area contributed by atoms with Gasteiger partial charge in [-0.15, -0.1) is 0 Å². The van der Waals surface area contributed by atoms with Crippen LogP contribution in [0.15, 0.2) is 76.0 Å². The van der Waals surface area contributed by atoms with Gasteiger partial charge in [0.2, 0.25) is 0 Å². The first kappa shape index (κ1) is 25.7. The normalized spacial score (nSPS) is 16.2. The van der Waals surface area contributed by atoms with E-state index < -0.39 is 0 Å². The number of carbonyl (C=O) groups is 1. The molecule has 1 aliphatic rings. The van der Waals surface area contributed by atoms with E-state index in [1.165, 1.54) is 22.6 Å². The van der Waals surface area contributed by atoms with Gasteiger partial charge in [0.1, 0.15) is 17.2 Å². The van der Waals surface area contributed by atoms with Crippen LogP contribution in [0.4, 0.5) is 10.1 Å². The third-order valence-corrected chi connectivity index (χ3v) is 8.63. The third-order valence-electron chi connectivity index (χ3n) is 6.81. The minimum absolute atomic E-state index is 0.222. The number of hydrogen-bond acceptors (Lipinski definition) is 6. The van der Waals surface area contributed by atoms with E-state index in [1.807, 2.05) is 12.1 Å². The Hall–Kier alpha value is -2.94. The predicted molar refractivity (Wildman–Crippen MR) is 153 cm³/mol. The van der Waals surface area contributed by atoms with Crippen molar-refractivity contribution < 1.29 is 13.6 Å². The van der Waals surface area contributed by atoms with Gasteiger partial charge in [0.15, 0.2) is 0 Å². The lowest BCUT2D eigenvalue weighted by atomic mass is 9.89. The fourth-order valence-corrected chi connectivity index (χ4v) is 6.32. The number of halogens is 1. The van der Waals surface area contributed by atoms with Crippen LogP contribution < -0.4 is 9.62 Å². The van der Waals surface area contributed by atoms with Crippen LogP contribution in [-0.4, -0.2) is 43.7 Å². The minimum atomic E-state index is -0.331. The first-order valence-corrected chi connectivity index (χ1v) is 14.3. The lowest BCUT2D eigenvalue weighted by molar-refractivity contribution is 0.0964. The van der Waals surface area contributed by atoms with Gasteiger partial charge >= 0.3 is 0 Å². The van der Waals surface area contributed by atoms with Crippen LogP contribution in [0.2, 0.25) is 0 Å². The number of nitrogens with one attached hydrogen (secondary N) is 1. The van der Waals surface area contributed by atoms with Crippen molar-refractivity contribution in [1.82, 2.24) is 9.62 Å². The Bertz CT molecular complexity index is 1390. The molecule has 0 spiro atoms. The average Bonchev–Trinajstić information content (AvgIpc) is 3.31. The van der Waals surface area contributed by atoms with Crippen LogP contribution in [0.25, 0.3) is 22.3 Å². The van der Waals surface area contributed by atoms with E-state index in [9.17, 15) is 9.18 Å². The molecule has 1 fully saturated rings. The summed E-state index contributed by atoms with van der Waals surface area (Å²) in [5.41, 5.74) is 4.08. The van der Waals surface area contributed by atoms with E-state index in [-0.39, 0.29) is 11.7 Å². The number of nitrogens with zero attached hydrogens (tertiary/aromatic N) is 2. The van der Waals surface area contributed by atoms with Crippen LogP contribution in [0, 0.1) is 5.82 Å². The molecule has 5 rings (SSSR count). The molecule has 4 aromatic rings. The van der Waals surface area contributed by atoms with Crippen molar-refractivity contribution in [1.29, 1.82) is 0 Å². The fourth-order valence-electron chi connectivity index (χ4n) is 4.91. The molecular weight excluding hydrogens is 505 g/mol. The summed E-state index contributed by atoms with van der Waals surface area (Å²) in [6.45, 7) is 1.95. The molecule has 0 saturated carbocycles. The lowest BCUT2D eigenvalue weighted by Crippen LogP contribution is -2.29. The van der Waals surface area contributed by atoms with E-state index in [1.54, 1.807) is 43.1 Å². The molecule has 0 radical (unpaired) electrons. The van der Waals surface area contributed by atoms with Crippen LogP contribution in [0.1, 0.15) is 34.7 Å². The second-order valence-electron chi connectivity index (χ2n) is 9.11. The molecule has 1 aromatic heterocycles. The lowest BCUT2D eigenvalue weighted by Gasteiger charge is -2.34. The summed E-state index contributed by atoms with van der Waals surface area (Å²) in [7, 11) is 3.67. The predicted octanol–water partition coefficient (Wildman–Crippen LogP) is 7.20. The molecule has 0 bridgehead atoms. The van der Waals surface area contributed by atoms with Crippen LogP contribution in [0.3, 0.4) is 0 Å². The maximum absolute atomic E-state index is 13.6. The third kappa shape index (κ3) is 5.37. The Labute approximate surface area is 225 Å². The number of amides is 1. The van der Waals surface area contributed by atoms with Crippen LogP contribution >= 0.6 is 23.9 Å². The SMILES string of the molecule is CNC(=O)c1c(-c2ccc(F)cc2)oc2cc(N(C)SC)c([C@@H]3CCCN(Sc4ccccc4)C3)cc12. The summed E-state index contributed by atoms with van der Waals surface area (Å²) >= 11 is 3.44. The van der Waals surface area contributed by atoms with Crippen molar-refractivity contribution in [3.05, 3.63) is 83.7 Å². The number of hydrogen-bond donors (Lipinski definition) is 1. The molecular formula is C29H30FN3O2S2. The first-order chi connectivity index (χ1) is 18.0. The molecule has 0 aliphatic carbocycles. The van der Waals surface area contributed by atoms with Gasteiger partial charge in [-0.25, -0.2) is 8.70 Å². The highest BCUT2D eigenvalue weighted by Crippen LogP contribution is 2.43. The quantitative estimate of drug-likeness (QED) is 0.253. The van der Waals surface area contributed by atoms with E-state index in [4.69, 9.17) is 4.42 Å². The molecule has 3 aromatic carbocycles. The Kier molecular flexibility index (Phi) is 7.79. The number of furan rings is 1. The molecule has 192 valence electrons. The maximum atomic E-state index is 13.6. The molecule has 2 heterocycles. The van der Waals surface area contributed by atoms with Gasteiger partial charge in [0.25, 0.3) is 5.91 Å². The van der Waals surface area contributed by atoms with Crippen molar-refractivity contribution in [2.75, 3.05) is 37.7 Å². The van der Waals surface area contributed by atoms with Gasteiger partial charge in [-0.05, 0) is 78.7 Å². The molecule has 1 N–H and O–H groups in total. The smallest absolute Gasteiger partial charge is 0.255 e. The van der Waals surface area contributed by atoms with Crippen molar-refractivity contribution in [3.63, 3.8) is 0 Å². The zero-order valence-electron chi connectivity index (χ0n) is 21.2. The topological polar surface area (TPSA) is 48.7 Å². The molecule has 8 heteroatoms. The van der Waals surface area contributed by atoms with E-state index in [0.717, 1.165) is 37.0 Å². The van der Waals surface area contributed by atoms with E-state index >= 15 is 0 Å². The van der Waals surface area contributed by atoms with Gasteiger partial charge < -0.3 is 14.0 Å². The highest BCUT2D eigenvalue weighted by atomic mass is 32.2. The van der Waals surface area contributed by atoms with Gasteiger partial charge in [-0.2, -0.15) is 0 Å². The van der Waals surface area contributed by atoms with Crippen molar-refractivity contribution in [2.24, 2.45) is 0 Å². The summed E-state index contributed by atoms with van der Waals surface area (Å²) < 4.78 is 24.5. The minimum Gasteiger partial charge on any atom is -0.455 e. The van der Waals surface area contributed by atoms with Crippen molar-refractivity contribution in [2.45, 2.75) is 23.7 Å². The number of carbonyl (C=O) groups excluding carboxylic acids is 1. The zero-order chi connectivity index (χ0) is 25.9. The summed E-state index contributed by atoms with van der Waals surface area (Å²) in [4.78, 5) is 14.3. The molecule has 1 saturated heterocycles. The number of rotatable bonds is 7. The Morgan fingerprint density at radius 2 is 1.89 bits per heavy atom. The van der Waals surface area contributed by atoms with E-state index in [2.05, 4.69) is 57.6 Å². The van der Waals surface area contributed by atoms with Crippen molar-refractivity contribution in [3.8, 4) is 11.3 Å². The maximum Gasteiger partial charge on any atom is 0.255 e. The van der Waals surface area contributed by atoms with Crippen molar-refractivity contribution >= 4 is 46.5 Å². The Morgan fingerprint density at radius 3 is 2.59 bits per heavy atom. The summed E-state index contributed by atoms with van der Waals surface area (Å²) in [6.07, 6.45) is 4.22. The largest absolute Gasteiger partial charge is 0.455 e. The highest BCUT2D eigenvalue weighted by Gasteiger charge is 2.29. The Balaban J connectivity index is 1.60. The number of piperidine rings is 1. The fraction of sp³-hybridized carbons (Fsp3) is 0.276. The van der Waals surface area contributed by atoms with E-state index in [0.29, 0.717) is 28.4 Å². The number of anilines is 1. The second kappa shape index (κ2) is 11.2. The highest BCUT2D eigenvalue weighted by molar-refractivity contribution is 7.99. The van der Waals surface area contributed by atoms with Gasteiger partial charge in [0.05, 0.1) is 11.3 Å². The number of fused-ring (bicyclic) bond motifs is 1. The molecule has 1 aliphatic heterocycles. The zero-order valence-corrected chi connectivity index (χ0v) is 22.8.